The van der Waals surface area contributed by atoms with Gasteiger partial charge >= 0.3 is 0 Å². The molecule has 1 atom stereocenters. The molecule has 0 bridgehead atoms. The number of ketones is 1. The van der Waals surface area contributed by atoms with E-state index >= 15 is 0 Å². The van der Waals surface area contributed by atoms with Crippen LogP contribution in [0.15, 0.2) is 0 Å². The fraction of sp³-hybridized carbons (Fsp3) is 0.846. The number of rotatable bonds is 2. The maximum Gasteiger partial charge on any atom is 0.225 e. The zero-order valence-electron chi connectivity index (χ0n) is 10.6. The van der Waals surface area contributed by atoms with Crippen molar-refractivity contribution in [3.63, 3.8) is 0 Å². The van der Waals surface area contributed by atoms with E-state index in [1.165, 1.54) is 0 Å². The normalized spacial score (nSPS) is 26.9. The summed E-state index contributed by atoms with van der Waals surface area (Å²) in [6.07, 6.45) is 3.81. The van der Waals surface area contributed by atoms with Crippen molar-refractivity contribution < 1.29 is 9.59 Å². The first-order valence-corrected chi connectivity index (χ1v) is 6.68. The van der Waals surface area contributed by atoms with E-state index in [1.54, 1.807) is 6.92 Å². The third-order valence-electron chi connectivity index (χ3n) is 4.00. The summed E-state index contributed by atoms with van der Waals surface area (Å²) >= 11 is 0. The van der Waals surface area contributed by atoms with Gasteiger partial charge in [-0.25, -0.2) is 0 Å². The van der Waals surface area contributed by atoms with E-state index in [4.69, 9.17) is 0 Å². The average molecular weight is 238 g/mol. The summed E-state index contributed by atoms with van der Waals surface area (Å²) in [5.41, 5.74) is 0. The second kappa shape index (κ2) is 5.63. The molecular formula is C13H22N2O2. The summed E-state index contributed by atoms with van der Waals surface area (Å²) in [6, 6.07) is 0. The molecule has 1 unspecified atom stereocenters. The van der Waals surface area contributed by atoms with Crippen LogP contribution in [0.25, 0.3) is 0 Å². The number of nitrogens with zero attached hydrogens (tertiary/aromatic N) is 1. The number of Topliss-reactive ketones (excluding diaryl/α,β-unsaturated/α-hetero) is 1. The van der Waals surface area contributed by atoms with E-state index in [0.717, 1.165) is 45.3 Å². The van der Waals surface area contributed by atoms with Gasteiger partial charge in [-0.2, -0.15) is 0 Å². The summed E-state index contributed by atoms with van der Waals surface area (Å²) in [6.45, 7) is 5.02. The molecule has 2 aliphatic rings. The van der Waals surface area contributed by atoms with Crippen LogP contribution in [-0.2, 0) is 9.59 Å². The highest BCUT2D eigenvalue weighted by molar-refractivity contribution is 5.82. The van der Waals surface area contributed by atoms with Crippen LogP contribution in [0.4, 0.5) is 0 Å². The molecule has 2 fully saturated rings. The summed E-state index contributed by atoms with van der Waals surface area (Å²) in [5.74, 6) is 0.765. The molecule has 2 heterocycles. The molecule has 1 N–H and O–H groups in total. The number of carbonyl (C=O) groups is 2. The Hall–Kier alpha value is -0.900. The van der Waals surface area contributed by atoms with Gasteiger partial charge in [-0.3, -0.25) is 9.59 Å². The van der Waals surface area contributed by atoms with Crippen molar-refractivity contribution in [2.45, 2.75) is 32.6 Å². The van der Waals surface area contributed by atoms with E-state index in [0.29, 0.717) is 6.54 Å². The topological polar surface area (TPSA) is 49.4 Å². The predicted octanol–water partition coefficient (Wildman–Crippen LogP) is 0.814. The SMILES string of the molecule is CC(=O)C1CCCN(C(=O)C2CCNCC2)C1. The lowest BCUT2D eigenvalue weighted by Gasteiger charge is -2.35. The van der Waals surface area contributed by atoms with E-state index in [9.17, 15) is 9.59 Å². The summed E-state index contributed by atoms with van der Waals surface area (Å²) in [7, 11) is 0. The van der Waals surface area contributed by atoms with Crippen molar-refractivity contribution in [1.29, 1.82) is 0 Å². The minimum atomic E-state index is 0.0782. The molecule has 0 radical (unpaired) electrons. The van der Waals surface area contributed by atoms with Crippen LogP contribution in [0.2, 0.25) is 0 Å². The standard InChI is InChI=1S/C13H22N2O2/c1-10(16)12-3-2-8-15(9-12)13(17)11-4-6-14-7-5-11/h11-12,14H,2-9H2,1H3. The Morgan fingerprint density at radius 3 is 2.47 bits per heavy atom. The van der Waals surface area contributed by atoms with Gasteiger partial charge in [-0.1, -0.05) is 0 Å². The number of nitrogens with one attached hydrogen (secondary N) is 1. The summed E-state index contributed by atoms with van der Waals surface area (Å²) in [5, 5.41) is 3.27. The molecule has 2 aliphatic heterocycles. The first-order chi connectivity index (χ1) is 8.18. The van der Waals surface area contributed by atoms with Crippen molar-refractivity contribution in [2.75, 3.05) is 26.2 Å². The molecule has 0 aliphatic carbocycles. The van der Waals surface area contributed by atoms with E-state index in [2.05, 4.69) is 5.32 Å². The number of hydrogen-bond donors (Lipinski definition) is 1. The largest absolute Gasteiger partial charge is 0.342 e. The van der Waals surface area contributed by atoms with Crippen LogP contribution >= 0.6 is 0 Å². The lowest BCUT2D eigenvalue weighted by Crippen LogP contribution is -2.46. The van der Waals surface area contributed by atoms with E-state index in [-0.39, 0.29) is 23.5 Å². The highest BCUT2D eigenvalue weighted by Crippen LogP contribution is 2.22. The Morgan fingerprint density at radius 1 is 1.12 bits per heavy atom. The monoisotopic (exact) mass is 238 g/mol. The third kappa shape index (κ3) is 3.06. The van der Waals surface area contributed by atoms with Crippen molar-refractivity contribution in [1.82, 2.24) is 10.2 Å². The second-order valence-corrected chi connectivity index (χ2v) is 5.26. The van der Waals surface area contributed by atoms with E-state index < -0.39 is 0 Å². The fourth-order valence-electron chi connectivity index (χ4n) is 2.84. The Kier molecular flexibility index (Phi) is 4.15. The number of hydrogen-bond acceptors (Lipinski definition) is 3. The molecule has 0 aromatic carbocycles. The van der Waals surface area contributed by atoms with Crippen LogP contribution in [0.1, 0.15) is 32.6 Å². The van der Waals surface area contributed by atoms with Crippen LogP contribution in [0.5, 0.6) is 0 Å². The van der Waals surface area contributed by atoms with Gasteiger partial charge < -0.3 is 10.2 Å². The Bertz CT molecular complexity index is 298. The molecule has 2 saturated heterocycles. The predicted molar refractivity (Wildman–Crippen MR) is 65.6 cm³/mol. The zero-order valence-corrected chi connectivity index (χ0v) is 10.6. The fourth-order valence-corrected chi connectivity index (χ4v) is 2.84. The minimum absolute atomic E-state index is 0.0782. The van der Waals surface area contributed by atoms with Gasteiger partial charge in [0.2, 0.25) is 5.91 Å². The maximum absolute atomic E-state index is 12.3. The molecule has 0 spiro atoms. The minimum Gasteiger partial charge on any atom is -0.342 e. The average Bonchev–Trinajstić information content (AvgIpc) is 2.39. The Labute approximate surface area is 103 Å². The first kappa shape index (κ1) is 12.6. The van der Waals surface area contributed by atoms with Crippen LogP contribution in [0.3, 0.4) is 0 Å². The molecule has 0 saturated carbocycles. The lowest BCUT2D eigenvalue weighted by molar-refractivity contribution is -0.139. The van der Waals surface area contributed by atoms with Crippen LogP contribution in [-0.4, -0.2) is 42.8 Å². The molecule has 1 amide bonds. The van der Waals surface area contributed by atoms with Crippen molar-refractivity contribution in [2.24, 2.45) is 11.8 Å². The van der Waals surface area contributed by atoms with Crippen LogP contribution < -0.4 is 5.32 Å². The van der Waals surface area contributed by atoms with Crippen molar-refractivity contribution >= 4 is 11.7 Å². The molecule has 4 nitrogen and oxygen atoms in total. The van der Waals surface area contributed by atoms with Gasteiger partial charge in [-0.15, -0.1) is 0 Å². The molecule has 4 heteroatoms. The Morgan fingerprint density at radius 2 is 1.82 bits per heavy atom. The highest BCUT2D eigenvalue weighted by Gasteiger charge is 2.30. The lowest BCUT2D eigenvalue weighted by atomic mass is 9.91. The van der Waals surface area contributed by atoms with Gasteiger partial charge in [0.05, 0.1) is 0 Å². The van der Waals surface area contributed by atoms with Gasteiger partial charge in [0.1, 0.15) is 5.78 Å². The molecule has 0 aromatic rings. The van der Waals surface area contributed by atoms with Crippen molar-refractivity contribution in [3.05, 3.63) is 0 Å². The number of piperidine rings is 2. The molecule has 0 aromatic heterocycles. The summed E-state index contributed by atoms with van der Waals surface area (Å²) < 4.78 is 0. The smallest absolute Gasteiger partial charge is 0.225 e. The number of carbonyl (C=O) groups excluding carboxylic acids is 2. The molecule has 17 heavy (non-hydrogen) atoms. The van der Waals surface area contributed by atoms with E-state index in [1.807, 2.05) is 4.90 Å². The van der Waals surface area contributed by atoms with Gasteiger partial charge in [0.15, 0.2) is 0 Å². The van der Waals surface area contributed by atoms with Gasteiger partial charge in [-0.05, 0) is 45.7 Å². The number of amides is 1. The summed E-state index contributed by atoms with van der Waals surface area (Å²) in [4.78, 5) is 25.6. The Balaban J connectivity index is 1.91. The molecular weight excluding hydrogens is 216 g/mol. The number of likely N-dealkylation sites (tertiary alicyclic amines) is 1. The van der Waals surface area contributed by atoms with Crippen LogP contribution in [0, 0.1) is 11.8 Å². The second-order valence-electron chi connectivity index (χ2n) is 5.26. The molecule has 96 valence electrons. The maximum atomic E-state index is 12.3. The van der Waals surface area contributed by atoms with Crippen molar-refractivity contribution in [3.8, 4) is 0 Å². The van der Waals surface area contributed by atoms with Gasteiger partial charge in [0, 0.05) is 24.9 Å². The van der Waals surface area contributed by atoms with Gasteiger partial charge in [0.25, 0.3) is 0 Å². The zero-order chi connectivity index (χ0) is 12.3. The first-order valence-electron chi connectivity index (χ1n) is 6.68. The molecule has 2 rings (SSSR count). The highest BCUT2D eigenvalue weighted by atomic mass is 16.2. The third-order valence-corrected chi connectivity index (χ3v) is 4.00. The quantitative estimate of drug-likeness (QED) is 0.774.